The number of carbonyl (C=O) groups excluding carboxylic acids is 2. The second-order valence-corrected chi connectivity index (χ2v) is 11.2. The predicted octanol–water partition coefficient (Wildman–Crippen LogP) is 3.98. The number of para-hydroxylation sites is 1. The number of β-lactam (4-membered cyclic amide) rings is 1. The molecule has 2 aromatic carbocycles. The lowest BCUT2D eigenvalue weighted by molar-refractivity contribution is -0.163. The number of hydrogen-bond acceptors (Lipinski definition) is 7. The maximum atomic E-state index is 13.8. The average Bonchev–Trinajstić information content (AvgIpc) is 3.56. The summed E-state index contributed by atoms with van der Waals surface area (Å²) in [5.74, 6) is -1.82. The third-order valence-corrected chi connectivity index (χ3v) is 7.65. The number of benzene rings is 2. The zero-order valence-electron chi connectivity index (χ0n) is 22.6. The number of carbonyl (C=O) groups is 2. The molecule has 4 aliphatic heterocycles. The number of rotatable bonds is 6. The molecule has 4 aliphatic rings. The predicted molar refractivity (Wildman–Crippen MR) is 143 cm³/mol. The van der Waals surface area contributed by atoms with Crippen LogP contribution in [-0.2, 0) is 28.5 Å². The Hall–Kier alpha value is -3.24. The molecule has 0 unspecified atom stereocenters. The lowest BCUT2D eigenvalue weighted by Crippen LogP contribution is -2.73. The number of amides is 2. The Bertz CT molecular complexity index is 1250. The van der Waals surface area contributed by atoms with Gasteiger partial charge in [-0.25, -0.2) is 4.79 Å². The largest absolute Gasteiger partial charge is 0.441 e. The molecule has 0 aliphatic carbocycles. The van der Waals surface area contributed by atoms with E-state index in [1.54, 1.807) is 9.80 Å². The van der Waals surface area contributed by atoms with Crippen LogP contribution in [0, 0.1) is 0 Å². The van der Waals surface area contributed by atoms with Crippen molar-refractivity contribution in [2.75, 3.05) is 18.1 Å². The Morgan fingerprint density at radius 2 is 1.41 bits per heavy atom. The Morgan fingerprint density at radius 1 is 0.821 bits per heavy atom. The normalized spacial score (nSPS) is 33.5. The Balaban J connectivity index is 1.36. The molecule has 0 aromatic heterocycles. The number of ether oxygens (including phenoxy) is 5. The van der Waals surface area contributed by atoms with Crippen molar-refractivity contribution in [2.45, 2.75) is 75.7 Å². The van der Waals surface area contributed by atoms with Crippen molar-refractivity contribution in [2.24, 2.45) is 0 Å². The van der Waals surface area contributed by atoms with E-state index >= 15 is 0 Å². The van der Waals surface area contributed by atoms with Gasteiger partial charge in [0.2, 0.25) is 0 Å². The molecule has 4 heterocycles. The maximum absolute atomic E-state index is 13.8. The van der Waals surface area contributed by atoms with E-state index in [-0.39, 0.29) is 19.1 Å². The van der Waals surface area contributed by atoms with Gasteiger partial charge < -0.3 is 28.6 Å². The number of cyclic esters (lactones) is 1. The first-order valence-corrected chi connectivity index (χ1v) is 13.4. The highest BCUT2D eigenvalue weighted by Crippen LogP contribution is 2.42. The lowest BCUT2D eigenvalue weighted by Gasteiger charge is -2.50. The zero-order valence-corrected chi connectivity index (χ0v) is 22.6. The van der Waals surface area contributed by atoms with Crippen LogP contribution in [0.25, 0.3) is 6.08 Å². The van der Waals surface area contributed by atoms with Crippen LogP contribution < -0.4 is 4.90 Å². The van der Waals surface area contributed by atoms with Gasteiger partial charge in [0.05, 0.1) is 19.3 Å². The first kappa shape index (κ1) is 26.0. The molecule has 39 heavy (non-hydrogen) atoms. The average molecular weight is 535 g/mol. The molecule has 6 rings (SSSR count). The number of hydrogen-bond donors (Lipinski definition) is 0. The molecule has 9 heteroatoms. The van der Waals surface area contributed by atoms with Crippen molar-refractivity contribution in [3.05, 3.63) is 72.3 Å². The van der Waals surface area contributed by atoms with Gasteiger partial charge in [0.1, 0.15) is 24.3 Å². The van der Waals surface area contributed by atoms with Crippen LogP contribution in [0.4, 0.5) is 10.5 Å². The minimum Gasteiger partial charge on any atom is -0.441 e. The molecule has 2 amide bonds. The van der Waals surface area contributed by atoms with Crippen LogP contribution >= 0.6 is 0 Å². The molecule has 0 radical (unpaired) electrons. The van der Waals surface area contributed by atoms with Crippen molar-refractivity contribution >= 4 is 23.8 Å². The van der Waals surface area contributed by atoms with Gasteiger partial charge in [-0.3, -0.25) is 9.69 Å². The summed E-state index contributed by atoms with van der Waals surface area (Å²) in [6.45, 7) is 7.84. The van der Waals surface area contributed by atoms with Crippen molar-refractivity contribution in [1.82, 2.24) is 4.90 Å². The molecule has 206 valence electrons. The van der Waals surface area contributed by atoms with Crippen molar-refractivity contribution in [3.8, 4) is 0 Å². The fraction of sp³-hybridized carbons (Fsp3) is 0.467. The highest BCUT2D eigenvalue weighted by atomic mass is 16.8. The summed E-state index contributed by atoms with van der Waals surface area (Å²) < 4.78 is 30.0. The minimum atomic E-state index is -0.828. The van der Waals surface area contributed by atoms with Crippen LogP contribution in [-0.4, -0.2) is 78.1 Å². The van der Waals surface area contributed by atoms with E-state index in [1.165, 1.54) is 0 Å². The summed E-state index contributed by atoms with van der Waals surface area (Å²) in [5, 5.41) is 0. The highest BCUT2D eigenvalue weighted by Gasteiger charge is 2.62. The summed E-state index contributed by atoms with van der Waals surface area (Å²) in [6.07, 6.45) is 1.66. The summed E-state index contributed by atoms with van der Waals surface area (Å²) >= 11 is 0. The van der Waals surface area contributed by atoms with Crippen molar-refractivity contribution in [1.29, 1.82) is 0 Å². The minimum absolute atomic E-state index is 0.186. The Morgan fingerprint density at radius 3 is 2.00 bits per heavy atom. The Kier molecular flexibility index (Phi) is 6.50. The highest BCUT2D eigenvalue weighted by molar-refractivity contribution is 6.08. The van der Waals surface area contributed by atoms with Gasteiger partial charge in [-0.05, 0) is 45.4 Å². The molecule has 0 spiro atoms. The van der Waals surface area contributed by atoms with Crippen LogP contribution in [0.2, 0.25) is 0 Å². The standard InChI is InChI=1S/C30H34N2O7/c1-29(2)35-17-22(38-29)25-26(23-18-36-30(3,4)39-23)37-28(34)32(25)24-21(16-15-19-11-7-5-8-12-19)31(27(24)33)20-13-9-6-10-14-20/h5-16,21-26H,17-18H2,1-4H3/b16-15+/t21-,22-,23-,24+,25-,26-/m1/s1. The van der Waals surface area contributed by atoms with Gasteiger partial charge in [-0.2, -0.15) is 0 Å². The molecule has 4 fully saturated rings. The monoisotopic (exact) mass is 534 g/mol. The fourth-order valence-corrected chi connectivity index (χ4v) is 5.90. The summed E-state index contributed by atoms with van der Waals surface area (Å²) in [6, 6.07) is 17.5. The molecule has 0 bridgehead atoms. The SMILES string of the molecule is CC1(C)OC[C@H]([C@H]2OC(=O)N([C@@H]3C(=O)N(c4ccccc4)[C@@H]3/C=C/c3ccccc3)[C@@H]2[C@H]2COC(C)(C)O2)O1. The molecule has 2 aromatic rings. The quantitative estimate of drug-likeness (QED) is 0.519. The van der Waals surface area contributed by atoms with Crippen molar-refractivity contribution < 1.29 is 33.3 Å². The summed E-state index contributed by atoms with van der Waals surface area (Å²) in [5.41, 5.74) is 1.76. The van der Waals surface area contributed by atoms with E-state index in [1.807, 2.05) is 101 Å². The van der Waals surface area contributed by atoms with Crippen LogP contribution in [0.15, 0.2) is 66.7 Å². The Labute approximate surface area is 228 Å². The van der Waals surface area contributed by atoms with E-state index in [0.29, 0.717) is 0 Å². The molecule has 0 N–H and O–H groups in total. The van der Waals surface area contributed by atoms with Crippen LogP contribution in [0.1, 0.15) is 33.3 Å². The first-order valence-electron chi connectivity index (χ1n) is 13.4. The van der Waals surface area contributed by atoms with Gasteiger partial charge in [0, 0.05) is 5.69 Å². The second-order valence-electron chi connectivity index (χ2n) is 11.2. The zero-order chi connectivity index (χ0) is 27.4. The van der Waals surface area contributed by atoms with Gasteiger partial charge in [0.25, 0.3) is 5.91 Å². The summed E-state index contributed by atoms with van der Waals surface area (Å²) in [4.78, 5) is 30.7. The van der Waals surface area contributed by atoms with E-state index in [4.69, 9.17) is 23.7 Å². The fourth-order valence-electron chi connectivity index (χ4n) is 5.90. The topological polar surface area (TPSA) is 86.8 Å². The number of nitrogens with zero attached hydrogens (tertiary/aromatic N) is 2. The van der Waals surface area contributed by atoms with E-state index in [9.17, 15) is 9.59 Å². The van der Waals surface area contributed by atoms with Gasteiger partial charge in [-0.15, -0.1) is 0 Å². The molecular formula is C30H34N2O7. The first-order chi connectivity index (χ1) is 18.6. The van der Waals surface area contributed by atoms with Gasteiger partial charge >= 0.3 is 6.09 Å². The molecule has 0 saturated carbocycles. The van der Waals surface area contributed by atoms with Crippen molar-refractivity contribution in [3.63, 3.8) is 0 Å². The van der Waals surface area contributed by atoms with Crippen LogP contribution in [0.5, 0.6) is 0 Å². The third-order valence-electron chi connectivity index (χ3n) is 7.65. The second kappa shape index (κ2) is 9.75. The molecular weight excluding hydrogens is 500 g/mol. The van der Waals surface area contributed by atoms with Crippen LogP contribution in [0.3, 0.4) is 0 Å². The maximum Gasteiger partial charge on any atom is 0.411 e. The van der Waals surface area contributed by atoms with E-state index < -0.39 is 54.1 Å². The van der Waals surface area contributed by atoms with Gasteiger partial charge in [0.15, 0.2) is 17.7 Å². The smallest absolute Gasteiger partial charge is 0.411 e. The number of anilines is 1. The molecule has 6 atom stereocenters. The van der Waals surface area contributed by atoms with Gasteiger partial charge in [-0.1, -0.05) is 60.7 Å². The molecule has 4 saturated heterocycles. The third kappa shape index (κ3) is 4.84. The van der Waals surface area contributed by atoms with E-state index in [0.717, 1.165) is 11.3 Å². The lowest BCUT2D eigenvalue weighted by atomic mass is 9.88. The molecule has 9 nitrogen and oxygen atoms in total. The summed E-state index contributed by atoms with van der Waals surface area (Å²) in [7, 11) is 0. The van der Waals surface area contributed by atoms with E-state index in [2.05, 4.69) is 0 Å².